The molecule has 0 aromatic heterocycles. The summed E-state index contributed by atoms with van der Waals surface area (Å²) in [4.78, 5) is 36.2. The molecule has 0 spiro atoms. The lowest BCUT2D eigenvalue weighted by atomic mass is 10.2. The largest absolute Gasteiger partial charge is 0.548 e. The van der Waals surface area contributed by atoms with E-state index in [1.807, 2.05) is 0 Å². The molecule has 2 aromatic carbocycles. The molecule has 136 valence electrons. The first kappa shape index (κ1) is 18.8. The molecule has 1 heterocycles. The predicted molar refractivity (Wildman–Crippen MR) is 103 cm³/mol. The SMILES string of the molecule is O=C([O-])CN1C(=O)/C(=C\c2ccc(OC(=O)c3ccccc3)cc2)SC1=S. The smallest absolute Gasteiger partial charge is 0.343 e. The van der Waals surface area contributed by atoms with Crippen LogP contribution in [0.3, 0.4) is 0 Å². The molecule has 2 aromatic rings. The van der Waals surface area contributed by atoms with Gasteiger partial charge in [0.15, 0.2) is 0 Å². The fourth-order valence-electron chi connectivity index (χ4n) is 2.29. The first-order chi connectivity index (χ1) is 12.9. The molecule has 1 amide bonds. The minimum Gasteiger partial charge on any atom is -0.548 e. The van der Waals surface area contributed by atoms with Crippen LogP contribution in [0.5, 0.6) is 5.75 Å². The van der Waals surface area contributed by atoms with Gasteiger partial charge in [-0.2, -0.15) is 0 Å². The van der Waals surface area contributed by atoms with Crippen LogP contribution in [-0.4, -0.2) is 33.6 Å². The van der Waals surface area contributed by atoms with Crippen LogP contribution in [0.25, 0.3) is 6.08 Å². The summed E-state index contributed by atoms with van der Waals surface area (Å²) >= 11 is 6.05. The molecule has 0 N–H and O–H groups in total. The van der Waals surface area contributed by atoms with E-state index in [0.29, 0.717) is 21.8 Å². The van der Waals surface area contributed by atoms with Crippen molar-refractivity contribution in [2.75, 3.05) is 6.54 Å². The second kappa shape index (κ2) is 8.15. The minimum atomic E-state index is -1.38. The average molecular weight is 398 g/mol. The molecule has 1 aliphatic rings. The third-order valence-corrected chi connectivity index (χ3v) is 4.94. The number of nitrogens with zero attached hydrogens (tertiary/aromatic N) is 1. The van der Waals surface area contributed by atoms with Crippen LogP contribution in [0.1, 0.15) is 15.9 Å². The number of amides is 1. The van der Waals surface area contributed by atoms with Gasteiger partial charge in [0.1, 0.15) is 10.1 Å². The van der Waals surface area contributed by atoms with E-state index in [-0.39, 0.29) is 4.32 Å². The molecule has 3 rings (SSSR count). The topological polar surface area (TPSA) is 86.7 Å². The maximum Gasteiger partial charge on any atom is 0.343 e. The lowest BCUT2D eigenvalue weighted by molar-refractivity contribution is -0.305. The van der Waals surface area contributed by atoms with Gasteiger partial charge in [-0.3, -0.25) is 9.69 Å². The molecule has 8 heteroatoms. The molecule has 0 atom stereocenters. The lowest BCUT2D eigenvalue weighted by Gasteiger charge is -2.14. The summed E-state index contributed by atoms with van der Waals surface area (Å²) in [5.74, 6) is -1.96. The Kier molecular flexibility index (Phi) is 5.68. The third kappa shape index (κ3) is 4.60. The Hall–Kier alpha value is -2.97. The van der Waals surface area contributed by atoms with Gasteiger partial charge < -0.3 is 14.6 Å². The molecule has 1 fully saturated rings. The molecule has 1 aliphatic heterocycles. The van der Waals surface area contributed by atoms with Crippen LogP contribution < -0.4 is 9.84 Å². The fourth-order valence-corrected chi connectivity index (χ4v) is 3.54. The van der Waals surface area contributed by atoms with Gasteiger partial charge in [0.05, 0.1) is 23.0 Å². The predicted octanol–water partition coefficient (Wildman–Crippen LogP) is 1.86. The Labute approximate surface area is 164 Å². The highest BCUT2D eigenvalue weighted by Crippen LogP contribution is 2.32. The van der Waals surface area contributed by atoms with Crippen LogP contribution in [0.2, 0.25) is 0 Å². The number of rotatable bonds is 5. The van der Waals surface area contributed by atoms with Crippen molar-refractivity contribution in [2.45, 2.75) is 0 Å². The second-order valence-electron chi connectivity index (χ2n) is 5.46. The highest BCUT2D eigenvalue weighted by molar-refractivity contribution is 8.26. The molecule has 0 aliphatic carbocycles. The van der Waals surface area contributed by atoms with Crippen molar-refractivity contribution in [1.29, 1.82) is 0 Å². The molecular formula is C19H12NO5S2-. The second-order valence-corrected chi connectivity index (χ2v) is 7.14. The number of carbonyl (C=O) groups excluding carboxylic acids is 3. The van der Waals surface area contributed by atoms with Gasteiger partial charge in [0.2, 0.25) is 0 Å². The lowest BCUT2D eigenvalue weighted by Crippen LogP contribution is -2.40. The highest BCUT2D eigenvalue weighted by Gasteiger charge is 2.31. The van der Waals surface area contributed by atoms with E-state index in [0.717, 1.165) is 16.7 Å². The monoisotopic (exact) mass is 398 g/mol. The van der Waals surface area contributed by atoms with E-state index in [4.69, 9.17) is 17.0 Å². The molecule has 1 saturated heterocycles. The zero-order valence-corrected chi connectivity index (χ0v) is 15.4. The van der Waals surface area contributed by atoms with Gasteiger partial charge in [0, 0.05) is 0 Å². The van der Waals surface area contributed by atoms with Crippen molar-refractivity contribution in [3.05, 3.63) is 70.6 Å². The molecule has 0 radical (unpaired) electrons. The number of benzene rings is 2. The number of carboxylic acid groups (broad SMARTS) is 1. The normalized spacial score (nSPS) is 15.3. The molecular weight excluding hydrogens is 386 g/mol. The molecule has 0 saturated carbocycles. The number of esters is 1. The summed E-state index contributed by atoms with van der Waals surface area (Å²) in [6.07, 6.45) is 1.59. The van der Waals surface area contributed by atoms with Crippen molar-refractivity contribution in [2.24, 2.45) is 0 Å². The van der Waals surface area contributed by atoms with Crippen LogP contribution in [0, 0.1) is 0 Å². The summed E-state index contributed by atoms with van der Waals surface area (Å²) in [5, 5.41) is 10.7. The fraction of sp³-hybridized carbons (Fsp3) is 0.0526. The van der Waals surface area contributed by atoms with E-state index in [9.17, 15) is 19.5 Å². The number of thioether (sulfide) groups is 1. The Morgan fingerprint density at radius 2 is 1.78 bits per heavy atom. The van der Waals surface area contributed by atoms with E-state index in [1.54, 1.807) is 60.7 Å². The van der Waals surface area contributed by atoms with Crippen LogP contribution in [0.4, 0.5) is 0 Å². The first-order valence-corrected chi connectivity index (χ1v) is 8.99. The Balaban J connectivity index is 1.70. The molecule has 6 nitrogen and oxygen atoms in total. The minimum absolute atomic E-state index is 0.170. The number of ether oxygens (including phenoxy) is 1. The highest BCUT2D eigenvalue weighted by atomic mass is 32.2. The van der Waals surface area contributed by atoms with Gasteiger partial charge in [-0.1, -0.05) is 54.3 Å². The summed E-state index contributed by atoms with van der Waals surface area (Å²) in [7, 11) is 0. The van der Waals surface area contributed by atoms with E-state index >= 15 is 0 Å². The van der Waals surface area contributed by atoms with Gasteiger partial charge in [-0.05, 0) is 35.9 Å². The number of hydrogen-bond acceptors (Lipinski definition) is 7. The van der Waals surface area contributed by atoms with Gasteiger partial charge in [0.25, 0.3) is 5.91 Å². The molecule has 0 unspecified atom stereocenters. The van der Waals surface area contributed by atoms with Crippen LogP contribution >= 0.6 is 24.0 Å². The summed E-state index contributed by atoms with van der Waals surface area (Å²) in [5.41, 5.74) is 1.13. The Morgan fingerprint density at radius 1 is 1.11 bits per heavy atom. The Morgan fingerprint density at radius 3 is 2.41 bits per heavy atom. The van der Waals surface area contributed by atoms with Crippen molar-refractivity contribution < 1.29 is 24.2 Å². The standard InChI is InChI=1S/C19H13NO5S2/c21-16(22)11-20-17(23)15(27-19(20)26)10-12-6-8-14(9-7-12)25-18(24)13-4-2-1-3-5-13/h1-10H,11H2,(H,21,22)/p-1/b15-10+. The third-order valence-electron chi connectivity index (χ3n) is 3.56. The Bertz CT molecular complexity index is 938. The van der Waals surface area contributed by atoms with E-state index < -0.39 is 24.4 Å². The van der Waals surface area contributed by atoms with Gasteiger partial charge in [-0.15, -0.1) is 0 Å². The number of thiocarbonyl (C=S) groups is 1. The maximum atomic E-state index is 12.2. The number of carbonyl (C=O) groups is 3. The zero-order chi connectivity index (χ0) is 19.4. The summed E-state index contributed by atoms with van der Waals surface area (Å²) in [6, 6.07) is 15.2. The van der Waals surface area contributed by atoms with Crippen LogP contribution in [-0.2, 0) is 9.59 Å². The average Bonchev–Trinajstić information content (AvgIpc) is 2.91. The molecule has 27 heavy (non-hydrogen) atoms. The summed E-state index contributed by atoms with van der Waals surface area (Å²) in [6.45, 7) is -0.573. The zero-order valence-electron chi connectivity index (χ0n) is 13.8. The molecule has 0 bridgehead atoms. The summed E-state index contributed by atoms with van der Waals surface area (Å²) < 4.78 is 5.46. The van der Waals surface area contributed by atoms with Crippen molar-refractivity contribution >= 4 is 52.2 Å². The number of hydrogen-bond donors (Lipinski definition) is 0. The van der Waals surface area contributed by atoms with Gasteiger partial charge >= 0.3 is 5.97 Å². The van der Waals surface area contributed by atoms with Crippen LogP contribution in [0.15, 0.2) is 59.5 Å². The van der Waals surface area contributed by atoms with Gasteiger partial charge in [-0.25, -0.2) is 4.79 Å². The van der Waals surface area contributed by atoms with Crippen molar-refractivity contribution in [3.8, 4) is 5.75 Å². The number of aliphatic carboxylic acids is 1. The van der Waals surface area contributed by atoms with Crippen molar-refractivity contribution in [1.82, 2.24) is 4.90 Å². The maximum absolute atomic E-state index is 12.2. The van der Waals surface area contributed by atoms with Crippen molar-refractivity contribution in [3.63, 3.8) is 0 Å². The van der Waals surface area contributed by atoms with E-state index in [1.165, 1.54) is 0 Å². The quantitative estimate of drug-likeness (QED) is 0.329. The number of carboxylic acids is 1. The van der Waals surface area contributed by atoms with E-state index in [2.05, 4.69) is 0 Å². The first-order valence-electron chi connectivity index (χ1n) is 7.76.